The zero-order valence-corrected chi connectivity index (χ0v) is 12.1. The van der Waals surface area contributed by atoms with E-state index < -0.39 is 0 Å². The van der Waals surface area contributed by atoms with Gasteiger partial charge in [0.1, 0.15) is 0 Å². The molecule has 0 aliphatic carbocycles. The molecule has 0 aliphatic heterocycles. The third-order valence-corrected chi connectivity index (χ3v) is 4.10. The molecule has 1 aromatic carbocycles. The van der Waals surface area contributed by atoms with Crippen LogP contribution in [0, 0.1) is 6.92 Å². The van der Waals surface area contributed by atoms with Gasteiger partial charge in [0, 0.05) is 17.0 Å². The van der Waals surface area contributed by atoms with E-state index in [1.807, 2.05) is 11.3 Å². The zero-order chi connectivity index (χ0) is 13.0. The lowest BCUT2D eigenvalue weighted by atomic mass is 10.1. The molecule has 0 radical (unpaired) electrons. The fourth-order valence-corrected chi connectivity index (χ4v) is 3.00. The van der Waals surface area contributed by atoms with Crippen molar-refractivity contribution in [2.24, 2.45) is 0 Å². The van der Waals surface area contributed by atoms with Gasteiger partial charge >= 0.3 is 0 Å². The van der Waals surface area contributed by atoms with Crippen molar-refractivity contribution in [3.8, 4) is 0 Å². The zero-order valence-electron chi connectivity index (χ0n) is 11.3. The molecule has 0 fully saturated rings. The van der Waals surface area contributed by atoms with Crippen molar-refractivity contribution in [3.63, 3.8) is 0 Å². The molecule has 1 N–H and O–H groups in total. The summed E-state index contributed by atoms with van der Waals surface area (Å²) in [6.07, 6.45) is 1.11. The highest BCUT2D eigenvalue weighted by atomic mass is 32.1. The molecule has 1 nitrogen and oxygen atoms in total. The Balaban J connectivity index is 1.90. The third kappa shape index (κ3) is 3.69. The Hall–Kier alpha value is -1.12. The predicted octanol–water partition coefficient (Wildman–Crippen LogP) is 4.34. The van der Waals surface area contributed by atoms with Gasteiger partial charge in [0.25, 0.3) is 0 Å². The van der Waals surface area contributed by atoms with Crippen molar-refractivity contribution >= 4 is 11.3 Å². The molecule has 1 heterocycles. The molecule has 0 spiro atoms. The number of nitrogens with one attached hydrogen (secondary N) is 1. The van der Waals surface area contributed by atoms with E-state index >= 15 is 0 Å². The van der Waals surface area contributed by atoms with Crippen molar-refractivity contribution in [2.75, 3.05) is 0 Å². The lowest BCUT2D eigenvalue weighted by Gasteiger charge is -2.20. The summed E-state index contributed by atoms with van der Waals surface area (Å²) in [5, 5.41) is 5.80. The second kappa shape index (κ2) is 6.17. The summed E-state index contributed by atoms with van der Waals surface area (Å²) in [7, 11) is 0. The van der Waals surface area contributed by atoms with Crippen LogP contribution in [0.4, 0.5) is 0 Å². The molecule has 2 atom stereocenters. The minimum Gasteiger partial charge on any atom is -0.307 e. The molecule has 1 aromatic heterocycles. The number of hydrogen-bond donors (Lipinski definition) is 1. The maximum Gasteiger partial charge on any atom is 0.0294 e. The predicted molar refractivity (Wildman–Crippen MR) is 80.2 cm³/mol. The molecule has 96 valence electrons. The average molecular weight is 259 g/mol. The number of hydrogen-bond acceptors (Lipinski definition) is 2. The lowest BCUT2D eigenvalue weighted by molar-refractivity contribution is 0.479. The Kier molecular flexibility index (Phi) is 4.56. The fourth-order valence-electron chi connectivity index (χ4n) is 2.17. The van der Waals surface area contributed by atoms with Crippen LogP contribution in [-0.2, 0) is 6.42 Å². The average Bonchev–Trinajstić information content (AvgIpc) is 2.82. The number of benzene rings is 1. The molecule has 0 saturated carbocycles. The second-order valence-corrected chi connectivity index (χ2v) is 6.02. The van der Waals surface area contributed by atoms with E-state index in [-0.39, 0.29) is 0 Å². The topological polar surface area (TPSA) is 12.0 Å². The molecule has 0 amide bonds. The Morgan fingerprint density at radius 3 is 2.44 bits per heavy atom. The molecule has 2 heteroatoms. The minimum atomic E-state index is 0.403. The van der Waals surface area contributed by atoms with Crippen molar-refractivity contribution in [2.45, 2.75) is 39.3 Å². The van der Waals surface area contributed by atoms with Gasteiger partial charge in [-0.3, -0.25) is 0 Å². The van der Waals surface area contributed by atoms with E-state index in [0.717, 1.165) is 6.42 Å². The SMILES string of the molecule is Cc1ccc(C(C)NC(C)Cc2cccs2)cc1. The molecular weight excluding hydrogens is 238 g/mol. The fraction of sp³-hybridized carbons (Fsp3) is 0.375. The quantitative estimate of drug-likeness (QED) is 0.842. The van der Waals surface area contributed by atoms with Crippen LogP contribution < -0.4 is 5.32 Å². The Morgan fingerprint density at radius 1 is 1.11 bits per heavy atom. The summed E-state index contributed by atoms with van der Waals surface area (Å²) in [5.41, 5.74) is 2.68. The molecule has 0 aliphatic rings. The van der Waals surface area contributed by atoms with Crippen LogP contribution in [0.1, 0.15) is 35.9 Å². The van der Waals surface area contributed by atoms with Crippen LogP contribution in [0.25, 0.3) is 0 Å². The number of rotatable bonds is 5. The minimum absolute atomic E-state index is 0.403. The van der Waals surface area contributed by atoms with Gasteiger partial charge in [-0.05, 0) is 44.2 Å². The summed E-state index contributed by atoms with van der Waals surface area (Å²) in [6.45, 7) is 6.61. The van der Waals surface area contributed by atoms with Crippen LogP contribution >= 0.6 is 11.3 Å². The first-order valence-electron chi connectivity index (χ1n) is 6.50. The van der Waals surface area contributed by atoms with Crippen molar-refractivity contribution in [1.29, 1.82) is 0 Å². The van der Waals surface area contributed by atoms with Crippen molar-refractivity contribution in [3.05, 3.63) is 57.8 Å². The smallest absolute Gasteiger partial charge is 0.0294 e. The van der Waals surface area contributed by atoms with Gasteiger partial charge in [-0.15, -0.1) is 11.3 Å². The molecule has 2 rings (SSSR count). The Bertz CT molecular complexity index is 458. The third-order valence-electron chi connectivity index (χ3n) is 3.20. The summed E-state index contributed by atoms with van der Waals surface area (Å²) < 4.78 is 0. The summed E-state index contributed by atoms with van der Waals surface area (Å²) in [4.78, 5) is 1.45. The van der Waals surface area contributed by atoms with E-state index in [0.29, 0.717) is 12.1 Å². The Morgan fingerprint density at radius 2 is 1.83 bits per heavy atom. The summed E-state index contributed by atoms with van der Waals surface area (Å²) in [6, 6.07) is 14.0. The Labute approximate surface area is 114 Å². The highest BCUT2D eigenvalue weighted by Crippen LogP contribution is 2.16. The monoisotopic (exact) mass is 259 g/mol. The maximum absolute atomic E-state index is 3.66. The number of thiophene rings is 1. The molecule has 18 heavy (non-hydrogen) atoms. The van der Waals surface area contributed by atoms with Gasteiger partial charge in [-0.2, -0.15) is 0 Å². The van der Waals surface area contributed by atoms with E-state index in [2.05, 4.69) is 67.9 Å². The lowest BCUT2D eigenvalue weighted by Crippen LogP contribution is -2.30. The molecule has 2 aromatic rings. The first kappa shape index (κ1) is 13.3. The summed E-state index contributed by atoms with van der Waals surface area (Å²) >= 11 is 1.84. The number of aryl methyl sites for hydroxylation is 1. The van der Waals surface area contributed by atoms with Crippen LogP contribution in [-0.4, -0.2) is 6.04 Å². The molecule has 0 bridgehead atoms. The summed E-state index contributed by atoms with van der Waals surface area (Å²) in [5.74, 6) is 0. The normalized spacial score (nSPS) is 14.4. The van der Waals surface area contributed by atoms with Crippen LogP contribution in [0.15, 0.2) is 41.8 Å². The van der Waals surface area contributed by atoms with Gasteiger partial charge in [-0.25, -0.2) is 0 Å². The highest BCUT2D eigenvalue weighted by Gasteiger charge is 2.10. The standard InChI is InChI=1S/C16H21NS/c1-12-6-8-15(9-7-12)14(3)17-13(2)11-16-5-4-10-18-16/h4-10,13-14,17H,11H2,1-3H3. The van der Waals surface area contributed by atoms with Crippen LogP contribution in [0.3, 0.4) is 0 Å². The first-order chi connectivity index (χ1) is 8.65. The van der Waals surface area contributed by atoms with E-state index in [4.69, 9.17) is 0 Å². The molecular formula is C16H21NS. The van der Waals surface area contributed by atoms with Crippen molar-refractivity contribution < 1.29 is 0 Å². The van der Waals surface area contributed by atoms with E-state index in [1.54, 1.807) is 0 Å². The highest BCUT2D eigenvalue weighted by molar-refractivity contribution is 7.09. The molecule has 2 unspecified atom stereocenters. The van der Waals surface area contributed by atoms with E-state index in [1.165, 1.54) is 16.0 Å². The van der Waals surface area contributed by atoms with Gasteiger partial charge in [0.2, 0.25) is 0 Å². The van der Waals surface area contributed by atoms with Gasteiger partial charge in [-0.1, -0.05) is 35.9 Å². The molecule has 0 saturated heterocycles. The maximum atomic E-state index is 3.66. The van der Waals surface area contributed by atoms with Crippen LogP contribution in [0.5, 0.6) is 0 Å². The second-order valence-electron chi connectivity index (χ2n) is 4.98. The van der Waals surface area contributed by atoms with Gasteiger partial charge < -0.3 is 5.32 Å². The van der Waals surface area contributed by atoms with Crippen LogP contribution in [0.2, 0.25) is 0 Å². The first-order valence-corrected chi connectivity index (χ1v) is 7.38. The van der Waals surface area contributed by atoms with E-state index in [9.17, 15) is 0 Å². The van der Waals surface area contributed by atoms with Gasteiger partial charge in [0.05, 0.1) is 0 Å². The van der Waals surface area contributed by atoms with Crippen molar-refractivity contribution in [1.82, 2.24) is 5.32 Å². The largest absolute Gasteiger partial charge is 0.307 e. The van der Waals surface area contributed by atoms with Gasteiger partial charge in [0.15, 0.2) is 0 Å².